The zero-order valence-electron chi connectivity index (χ0n) is 7.59. The van der Waals surface area contributed by atoms with Crippen molar-refractivity contribution in [2.45, 2.75) is 18.5 Å². The summed E-state index contributed by atoms with van der Waals surface area (Å²) in [5.41, 5.74) is 0. The topological polar surface area (TPSA) is 69.6 Å². The van der Waals surface area contributed by atoms with Gasteiger partial charge >= 0.3 is 5.97 Å². The number of aliphatic hydroxyl groups excluding tert-OH is 1. The lowest BCUT2D eigenvalue weighted by molar-refractivity contribution is -0.139. The molecule has 3 N–H and O–H groups in total. The molecule has 0 aromatic carbocycles. The number of carboxylic acid groups (broad SMARTS) is 1. The molecule has 1 aliphatic rings. The summed E-state index contributed by atoms with van der Waals surface area (Å²) >= 11 is 0. The summed E-state index contributed by atoms with van der Waals surface area (Å²) in [4.78, 5) is 10.4. The van der Waals surface area contributed by atoms with Crippen molar-refractivity contribution >= 4 is 5.97 Å². The molecule has 0 aromatic heterocycles. The number of carbonyl (C=O) groups is 1. The number of aliphatic hydroxyl groups is 1. The van der Waals surface area contributed by atoms with Crippen LogP contribution in [-0.2, 0) is 4.79 Å². The first-order chi connectivity index (χ1) is 5.28. The van der Waals surface area contributed by atoms with Crippen LogP contribution in [0.5, 0.6) is 0 Å². The maximum atomic E-state index is 10.4. The van der Waals surface area contributed by atoms with Gasteiger partial charge in [-0.15, -0.1) is 0 Å². The lowest BCUT2D eigenvalue weighted by atomic mass is 10.2. The minimum Gasteiger partial charge on any atom is -0.480 e. The number of nitrogens with one attached hydrogen (secondary N) is 1. The Bertz CT molecular complexity index is 222. The third kappa shape index (κ3) is 1.40. The number of rotatable bonds is 1. The molecule has 1 rings (SSSR count). The summed E-state index contributed by atoms with van der Waals surface area (Å²) in [6, 6.07) is -2.11. The van der Waals surface area contributed by atoms with E-state index in [0.29, 0.717) is 0 Å². The molecule has 0 saturated carbocycles. The number of β-amino-alcohol motifs (C(OH)–C–C–N with tert-alkyl or cyclic N) is 1. The standard InChI is InChI=1S/C5H9NO3/c7-3-1-4(5(8)9)6-2-3/h3-4,6-7H,1-2H2,(H,8,9)/t3-,4+/m1/s1/i2D2,4D. The highest BCUT2D eigenvalue weighted by Crippen LogP contribution is 2.05. The van der Waals surface area contributed by atoms with Crippen LogP contribution in [0.2, 0.25) is 0 Å². The second-order valence-corrected chi connectivity index (χ2v) is 1.77. The molecule has 0 aromatic rings. The molecule has 0 aliphatic carbocycles. The van der Waals surface area contributed by atoms with Gasteiger partial charge in [0.25, 0.3) is 0 Å². The molecule has 1 fully saturated rings. The third-order valence-corrected chi connectivity index (χ3v) is 1.05. The SMILES string of the molecule is [2H]C1([2H])N[C@]([2H])(C(=O)O)C[C@H]1O. The van der Waals surface area contributed by atoms with Gasteiger partial charge in [0.2, 0.25) is 0 Å². The Kier molecular flexibility index (Phi) is 0.913. The Morgan fingerprint density at radius 2 is 2.67 bits per heavy atom. The van der Waals surface area contributed by atoms with Gasteiger partial charge < -0.3 is 15.5 Å². The molecule has 2 atom stereocenters. The molecule has 4 nitrogen and oxygen atoms in total. The van der Waals surface area contributed by atoms with E-state index in [1.165, 1.54) is 0 Å². The summed E-state index contributed by atoms with van der Waals surface area (Å²) < 4.78 is 21.3. The lowest BCUT2D eigenvalue weighted by Crippen LogP contribution is -2.29. The second kappa shape index (κ2) is 2.33. The summed E-state index contributed by atoms with van der Waals surface area (Å²) in [6.07, 6.45) is -1.90. The van der Waals surface area contributed by atoms with Gasteiger partial charge in [0.1, 0.15) is 6.02 Å². The van der Waals surface area contributed by atoms with Crippen LogP contribution in [0.4, 0.5) is 0 Å². The maximum absolute atomic E-state index is 10.4. The molecule has 1 saturated heterocycles. The normalized spacial score (nSPS) is 53.4. The largest absolute Gasteiger partial charge is 0.480 e. The molecule has 1 aliphatic heterocycles. The fraction of sp³-hybridized carbons (Fsp3) is 0.800. The Hall–Kier alpha value is -0.610. The number of aliphatic carboxylic acids is 1. The van der Waals surface area contributed by atoms with E-state index in [4.69, 9.17) is 14.3 Å². The summed E-state index contributed by atoms with van der Waals surface area (Å²) in [5.74, 6) is -1.48. The van der Waals surface area contributed by atoms with Crippen molar-refractivity contribution in [3.63, 3.8) is 0 Å². The fourth-order valence-electron chi connectivity index (χ4n) is 0.607. The molecule has 0 spiro atoms. The van der Waals surface area contributed by atoms with Crippen molar-refractivity contribution in [3.8, 4) is 0 Å². The highest BCUT2D eigenvalue weighted by atomic mass is 16.4. The number of hydrogen-bond donors (Lipinski definition) is 3. The zero-order valence-corrected chi connectivity index (χ0v) is 4.59. The second-order valence-electron chi connectivity index (χ2n) is 1.77. The Labute approximate surface area is 56.7 Å². The predicted octanol–water partition coefficient (Wildman–Crippen LogP) is -1.21. The van der Waals surface area contributed by atoms with Gasteiger partial charge in [-0.2, -0.15) is 0 Å². The first kappa shape index (κ1) is 3.53. The fourth-order valence-corrected chi connectivity index (χ4v) is 0.607. The lowest BCUT2D eigenvalue weighted by Gasteiger charge is -1.99. The van der Waals surface area contributed by atoms with Gasteiger partial charge in [-0.05, 0) is 0 Å². The molecule has 0 amide bonds. The van der Waals surface area contributed by atoms with Gasteiger partial charge in [0.05, 0.1) is 7.47 Å². The molecular weight excluding hydrogens is 122 g/mol. The van der Waals surface area contributed by atoms with Crippen molar-refractivity contribution in [1.29, 1.82) is 0 Å². The van der Waals surface area contributed by atoms with Crippen molar-refractivity contribution in [2.24, 2.45) is 0 Å². The van der Waals surface area contributed by atoms with E-state index in [-0.39, 0.29) is 0 Å². The summed E-state index contributed by atoms with van der Waals surface area (Å²) in [5, 5.41) is 19.4. The van der Waals surface area contributed by atoms with Crippen molar-refractivity contribution < 1.29 is 19.1 Å². The highest BCUT2D eigenvalue weighted by molar-refractivity contribution is 5.73. The molecule has 0 bridgehead atoms. The van der Waals surface area contributed by atoms with Gasteiger partial charge in [0, 0.05) is 15.7 Å². The van der Waals surface area contributed by atoms with E-state index >= 15 is 0 Å². The molecule has 52 valence electrons. The Morgan fingerprint density at radius 1 is 2.00 bits per heavy atom. The number of hydrogen-bond acceptors (Lipinski definition) is 3. The zero-order chi connectivity index (χ0) is 9.57. The summed E-state index contributed by atoms with van der Waals surface area (Å²) in [7, 11) is 0. The number of carboxylic acids is 1. The van der Waals surface area contributed by atoms with Crippen molar-refractivity contribution in [3.05, 3.63) is 0 Å². The molecule has 9 heavy (non-hydrogen) atoms. The first-order valence-electron chi connectivity index (χ1n) is 3.99. The average Bonchev–Trinajstić information content (AvgIpc) is 2.03. The predicted molar refractivity (Wildman–Crippen MR) is 30.1 cm³/mol. The van der Waals surface area contributed by atoms with Crippen LogP contribution in [0, 0.1) is 0 Å². The quantitative estimate of drug-likeness (QED) is 0.421. The van der Waals surface area contributed by atoms with E-state index < -0.39 is 31.0 Å². The molecule has 0 radical (unpaired) electrons. The van der Waals surface area contributed by atoms with Crippen molar-refractivity contribution in [1.82, 2.24) is 5.32 Å². The third-order valence-electron chi connectivity index (χ3n) is 1.05. The van der Waals surface area contributed by atoms with Crippen LogP contribution in [0.25, 0.3) is 0 Å². The molecular formula is C5H9NO3. The Morgan fingerprint density at radius 3 is 2.89 bits per heavy atom. The minimum atomic E-state index is -2.19. The Balaban J connectivity index is 2.85. The molecule has 0 unspecified atom stereocenters. The van der Waals surface area contributed by atoms with Crippen LogP contribution in [0.1, 0.15) is 10.5 Å². The van der Waals surface area contributed by atoms with E-state index in [0.717, 1.165) is 0 Å². The van der Waals surface area contributed by atoms with E-state index in [1.54, 1.807) is 0 Å². The van der Waals surface area contributed by atoms with Crippen LogP contribution in [-0.4, -0.2) is 34.8 Å². The van der Waals surface area contributed by atoms with Crippen LogP contribution >= 0.6 is 0 Å². The monoisotopic (exact) mass is 134 g/mol. The highest BCUT2D eigenvalue weighted by Gasteiger charge is 2.27. The first-order valence-corrected chi connectivity index (χ1v) is 2.49. The van der Waals surface area contributed by atoms with Crippen molar-refractivity contribution in [2.75, 3.05) is 6.50 Å². The van der Waals surface area contributed by atoms with E-state index in [1.807, 2.05) is 5.32 Å². The molecule has 4 heteroatoms. The van der Waals surface area contributed by atoms with Gasteiger partial charge in [-0.1, -0.05) is 0 Å². The maximum Gasteiger partial charge on any atom is 0.320 e. The van der Waals surface area contributed by atoms with Gasteiger partial charge in [-0.25, -0.2) is 0 Å². The minimum absolute atomic E-state index is 0.449. The van der Waals surface area contributed by atoms with Gasteiger partial charge in [0.15, 0.2) is 0 Å². The van der Waals surface area contributed by atoms with E-state index in [2.05, 4.69) is 0 Å². The average molecular weight is 134 g/mol. The van der Waals surface area contributed by atoms with Crippen LogP contribution in [0.15, 0.2) is 0 Å². The van der Waals surface area contributed by atoms with Crippen LogP contribution < -0.4 is 5.32 Å². The van der Waals surface area contributed by atoms with E-state index in [9.17, 15) is 4.79 Å². The van der Waals surface area contributed by atoms with Gasteiger partial charge in [-0.3, -0.25) is 4.79 Å². The smallest absolute Gasteiger partial charge is 0.320 e. The summed E-state index contributed by atoms with van der Waals surface area (Å²) in [6.45, 7) is -2.19. The van der Waals surface area contributed by atoms with Crippen LogP contribution in [0.3, 0.4) is 0 Å². The molecule has 1 heterocycles.